The monoisotopic (exact) mass is 184 g/mol. The summed E-state index contributed by atoms with van der Waals surface area (Å²) in [7, 11) is 0. The maximum absolute atomic E-state index is 9.00. The summed E-state index contributed by atoms with van der Waals surface area (Å²) in [6.07, 6.45) is 0.801. The lowest BCUT2D eigenvalue weighted by Gasteiger charge is -2.02. The van der Waals surface area contributed by atoms with Gasteiger partial charge in [0.1, 0.15) is 18.1 Å². The fourth-order valence-electron chi connectivity index (χ4n) is 1.28. The van der Waals surface area contributed by atoms with Crippen molar-refractivity contribution in [1.82, 2.24) is 0 Å². The SMILES string of the molecule is CC(C)Cc1oc(CO)cc1CO. The largest absolute Gasteiger partial charge is 0.463 e. The van der Waals surface area contributed by atoms with Gasteiger partial charge in [-0.2, -0.15) is 0 Å². The first-order valence-electron chi connectivity index (χ1n) is 4.49. The number of hydrogen-bond donors (Lipinski definition) is 2. The fourth-order valence-corrected chi connectivity index (χ4v) is 1.28. The van der Waals surface area contributed by atoms with Gasteiger partial charge in [0.25, 0.3) is 0 Å². The molecule has 0 fully saturated rings. The van der Waals surface area contributed by atoms with E-state index in [9.17, 15) is 0 Å². The maximum atomic E-state index is 9.00. The molecule has 0 radical (unpaired) electrons. The van der Waals surface area contributed by atoms with Crippen LogP contribution in [-0.4, -0.2) is 10.2 Å². The quantitative estimate of drug-likeness (QED) is 0.744. The van der Waals surface area contributed by atoms with Crippen molar-refractivity contribution >= 4 is 0 Å². The van der Waals surface area contributed by atoms with E-state index in [4.69, 9.17) is 14.6 Å². The number of rotatable bonds is 4. The molecule has 0 spiro atoms. The van der Waals surface area contributed by atoms with Crippen LogP contribution in [-0.2, 0) is 19.6 Å². The second-order valence-electron chi connectivity index (χ2n) is 3.58. The van der Waals surface area contributed by atoms with Gasteiger partial charge >= 0.3 is 0 Å². The third-order valence-electron chi connectivity index (χ3n) is 1.87. The molecule has 2 N–H and O–H groups in total. The first-order chi connectivity index (χ1) is 6.17. The van der Waals surface area contributed by atoms with Gasteiger partial charge in [0.2, 0.25) is 0 Å². The Kier molecular flexibility index (Phi) is 3.51. The Labute approximate surface area is 78.0 Å². The molecule has 0 aliphatic heterocycles. The van der Waals surface area contributed by atoms with Gasteiger partial charge in [-0.25, -0.2) is 0 Å². The lowest BCUT2D eigenvalue weighted by molar-refractivity contribution is 0.241. The zero-order chi connectivity index (χ0) is 9.84. The average molecular weight is 184 g/mol. The van der Waals surface area contributed by atoms with E-state index >= 15 is 0 Å². The Morgan fingerprint density at radius 3 is 2.46 bits per heavy atom. The Hall–Kier alpha value is -0.800. The molecule has 0 saturated carbocycles. The predicted octanol–water partition coefficient (Wildman–Crippen LogP) is 1.46. The molecule has 74 valence electrons. The number of aliphatic hydroxyl groups is 2. The molecule has 1 rings (SSSR count). The summed E-state index contributed by atoms with van der Waals surface area (Å²) in [5.41, 5.74) is 0.790. The normalized spacial score (nSPS) is 11.2. The van der Waals surface area contributed by atoms with Crippen molar-refractivity contribution in [3.05, 3.63) is 23.2 Å². The second-order valence-corrected chi connectivity index (χ2v) is 3.58. The second kappa shape index (κ2) is 4.44. The Bertz CT molecular complexity index is 263. The topological polar surface area (TPSA) is 53.6 Å². The standard InChI is InChI=1S/C10H16O3/c1-7(2)3-10-8(5-11)4-9(6-12)13-10/h4,7,11-12H,3,5-6H2,1-2H3. The molecule has 13 heavy (non-hydrogen) atoms. The molecule has 0 unspecified atom stereocenters. The van der Waals surface area contributed by atoms with Crippen molar-refractivity contribution in [2.75, 3.05) is 0 Å². The van der Waals surface area contributed by atoms with Crippen LogP contribution in [0.2, 0.25) is 0 Å². The smallest absolute Gasteiger partial charge is 0.129 e. The van der Waals surface area contributed by atoms with E-state index in [1.807, 2.05) is 0 Å². The summed E-state index contributed by atoms with van der Waals surface area (Å²) in [5.74, 6) is 1.81. The Morgan fingerprint density at radius 2 is 2.00 bits per heavy atom. The highest BCUT2D eigenvalue weighted by atomic mass is 16.4. The summed E-state index contributed by atoms with van der Waals surface area (Å²) in [6, 6.07) is 1.71. The minimum Gasteiger partial charge on any atom is -0.463 e. The van der Waals surface area contributed by atoms with E-state index < -0.39 is 0 Å². The fraction of sp³-hybridized carbons (Fsp3) is 0.600. The van der Waals surface area contributed by atoms with Crippen LogP contribution in [0.1, 0.15) is 30.9 Å². The third kappa shape index (κ3) is 2.57. The zero-order valence-electron chi connectivity index (χ0n) is 8.08. The minimum atomic E-state index is -0.106. The van der Waals surface area contributed by atoms with Gasteiger partial charge in [-0.1, -0.05) is 13.8 Å². The van der Waals surface area contributed by atoms with Gasteiger partial charge in [0.15, 0.2) is 0 Å². The minimum absolute atomic E-state index is 0.0223. The molecule has 3 heteroatoms. The van der Waals surface area contributed by atoms with Crippen LogP contribution in [0.3, 0.4) is 0 Å². The first kappa shape index (κ1) is 10.3. The molecule has 0 saturated heterocycles. The lowest BCUT2D eigenvalue weighted by atomic mass is 10.1. The van der Waals surface area contributed by atoms with Crippen LogP contribution in [0.25, 0.3) is 0 Å². The van der Waals surface area contributed by atoms with Crippen molar-refractivity contribution in [2.45, 2.75) is 33.5 Å². The van der Waals surface area contributed by atoms with E-state index in [0.717, 1.165) is 17.7 Å². The summed E-state index contributed by atoms with van der Waals surface area (Å²) < 4.78 is 5.36. The first-order valence-corrected chi connectivity index (χ1v) is 4.49. The van der Waals surface area contributed by atoms with Gasteiger partial charge in [-0.15, -0.1) is 0 Å². The molecule has 1 heterocycles. The number of furan rings is 1. The van der Waals surface area contributed by atoms with Crippen LogP contribution in [0.15, 0.2) is 10.5 Å². The molecule has 0 atom stereocenters. The van der Waals surface area contributed by atoms with E-state index in [-0.39, 0.29) is 13.2 Å². The van der Waals surface area contributed by atoms with Crippen LogP contribution >= 0.6 is 0 Å². The molecule has 0 aliphatic rings. The summed E-state index contributed by atoms with van der Waals surface area (Å²) in [4.78, 5) is 0. The molecule has 0 aliphatic carbocycles. The van der Waals surface area contributed by atoms with E-state index in [0.29, 0.717) is 11.7 Å². The van der Waals surface area contributed by atoms with Gasteiger partial charge in [-0.3, -0.25) is 0 Å². The van der Waals surface area contributed by atoms with Crippen LogP contribution in [0.5, 0.6) is 0 Å². The predicted molar refractivity (Wildman–Crippen MR) is 49.1 cm³/mol. The number of hydrogen-bond acceptors (Lipinski definition) is 3. The van der Waals surface area contributed by atoms with Crippen LogP contribution < -0.4 is 0 Å². The number of aliphatic hydroxyl groups excluding tert-OH is 2. The van der Waals surface area contributed by atoms with Gasteiger partial charge in [0, 0.05) is 12.0 Å². The highest BCUT2D eigenvalue weighted by Gasteiger charge is 2.10. The molecule has 0 aromatic carbocycles. The van der Waals surface area contributed by atoms with Crippen molar-refractivity contribution in [1.29, 1.82) is 0 Å². The third-order valence-corrected chi connectivity index (χ3v) is 1.87. The molecule has 0 bridgehead atoms. The van der Waals surface area contributed by atoms with Crippen molar-refractivity contribution in [3.63, 3.8) is 0 Å². The zero-order valence-corrected chi connectivity index (χ0v) is 8.08. The Balaban J connectivity index is 2.84. The van der Waals surface area contributed by atoms with Crippen molar-refractivity contribution in [3.8, 4) is 0 Å². The highest BCUT2D eigenvalue weighted by Crippen LogP contribution is 2.19. The van der Waals surface area contributed by atoms with E-state index in [2.05, 4.69) is 13.8 Å². The summed E-state index contributed by atoms with van der Waals surface area (Å²) >= 11 is 0. The van der Waals surface area contributed by atoms with Crippen LogP contribution in [0, 0.1) is 5.92 Å². The van der Waals surface area contributed by atoms with Gasteiger partial charge in [-0.05, 0) is 12.0 Å². The van der Waals surface area contributed by atoms with Crippen molar-refractivity contribution < 1.29 is 14.6 Å². The molecule has 1 aromatic heterocycles. The molecule has 0 amide bonds. The van der Waals surface area contributed by atoms with E-state index in [1.54, 1.807) is 6.07 Å². The van der Waals surface area contributed by atoms with Gasteiger partial charge in [0.05, 0.1) is 6.61 Å². The molecule has 1 aromatic rings. The summed E-state index contributed by atoms with van der Waals surface area (Å²) in [6.45, 7) is 4.04. The van der Waals surface area contributed by atoms with Crippen molar-refractivity contribution in [2.24, 2.45) is 5.92 Å². The molecule has 3 nitrogen and oxygen atoms in total. The highest BCUT2D eigenvalue weighted by molar-refractivity contribution is 5.21. The van der Waals surface area contributed by atoms with E-state index in [1.165, 1.54) is 0 Å². The Morgan fingerprint density at radius 1 is 1.31 bits per heavy atom. The van der Waals surface area contributed by atoms with Crippen LogP contribution in [0.4, 0.5) is 0 Å². The molecular formula is C10H16O3. The average Bonchev–Trinajstić information content (AvgIpc) is 2.46. The summed E-state index contributed by atoms with van der Waals surface area (Å²) in [5, 5.41) is 17.8. The maximum Gasteiger partial charge on any atom is 0.129 e. The lowest BCUT2D eigenvalue weighted by Crippen LogP contribution is -1.95. The molecular weight excluding hydrogens is 168 g/mol. The van der Waals surface area contributed by atoms with Gasteiger partial charge < -0.3 is 14.6 Å².